The van der Waals surface area contributed by atoms with Gasteiger partial charge < -0.3 is 4.74 Å². The topological polar surface area (TPSA) is 46.6 Å². The van der Waals surface area contributed by atoms with Gasteiger partial charge in [-0.2, -0.15) is 0 Å². The Balaban J connectivity index is 2.09. The lowest BCUT2D eigenvalue weighted by atomic mass is 9.90. The fraction of sp³-hybridized carbons (Fsp3) is 0.500. The molecule has 0 saturated carbocycles. The SMILES string of the molecule is CC(C)(C)OC(=O)N1CC(c2ccccc2)CCC1=O. The fourth-order valence-electron chi connectivity index (χ4n) is 2.34. The summed E-state index contributed by atoms with van der Waals surface area (Å²) in [6.45, 7) is 5.80. The van der Waals surface area contributed by atoms with Crippen LogP contribution < -0.4 is 0 Å². The molecule has 108 valence electrons. The Hall–Kier alpha value is -1.84. The van der Waals surface area contributed by atoms with E-state index in [2.05, 4.69) is 0 Å². The Labute approximate surface area is 119 Å². The van der Waals surface area contributed by atoms with E-state index in [-0.39, 0.29) is 11.8 Å². The molecule has 0 aliphatic carbocycles. The largest absolute Gasteiger partial charge is 0.443 e. The lowest BCUT2D eigenvalue weighted by Gasteiger charge is -2.32. The van der Waals surface area contributed by atoms with Crippen LogP contribution in [-0.2, 0) is 9.53 Å². The Bertz CT molecular complexity index is 490. The third kappa shape index (κ3) is 3.59. The maximum absolute atomic E-state index is 12.1. The number of nitrogens with zero attached hydrogens (tertiary/aromatic N) is 1. The molecule has 2 amide bonds. The number of likely N-dealkylation sites (tertiary alicyclic amines) is 1. The van der Waals surface area contributed by atoms with E-state index in [9.17, 15) is 9.59 Å². The molecule has 0 bridgehead atoms. The van der Waals surface area contributed by atoms with Gasteiger partial charge in [0.05, 0.1) is 0 Å². The quantitative estimate of drug-likeness (QED) is 0.789. The van der Waals surface area contributed by atoms with Gasteiger partial charge in [0.25, 0.3) is 0 Å². The molecule has 1 aliphatic heterocycles. The Morgan fingerprint density at radius 3 is 2.50 bits per heavy atom. The summed E-state index contributed by atoms with van der Waals surface area (Å²) in [6.07, 6.45) is 0.629. The molecule has 20 heavy (non-hydrogen) atoms. The molecule has 0 aromatic heterocycles. The summed E-state index contributed by atoms with van der Waals surface area (Å²) < 4.78 is 5.30. The van der Waals surface area contributed by atoms with Gasteiger partial charge in [0.2, 0.25) is 5.91 Å². The second kappa shape index (κ2) is 5.65. The van der Waals surface area contributed by atoms with Crippen molar-refractivity contribution in [1.82, 2.24) is 4.90 Å². The second-order valence-corrected chi connectivity index (χ2v) is 6.13. The van der Waals surface area contributed by atoms with E-state index in [4.69, 9.17) is 4.74 Å². The van der Waals surface area contributed by atoms with Crippen LogP contribution in [0.15, 0.2) is 30.3 Å². The molecule has 1 atom stereocenters. The zero-order valence-electron chi connectivity index (χ0n) is 12.3. The van der Waals surface area contributed by atoms with E-state index in [0.29, 0.717) is 13.0 Å². The van der Waals surface area contributed by atoms with Crippen LogP contribution in [-0.4, -0.2) is 29.0 Å². The summed E-state index contributed by atoms with van der Waals surface area (Å²) in [5.74, 6) is 0.0489. The van der Waals surface area contributed by atoms with Crippen LogP contribution in [0.2, 0.25) is 0 Å². The number of hydrogen-bond acceptors (Lipinski definition) is 3. The lowest BCUT2D eigenvalue weighted by Crippen LogP contribution is -2.45. The molecular weight excluding hydrogens is 254 g/mol. The first kappa shape index (κ1) is 14.6. The smallest absolute Gasteiger partial charge is 0.417 e. The molecule has 1 unspecified atom stereocenters. The minimum atomic E-state index is -0.586. The van der Waals surface area contributed by atoms with E-state index < -0.39 is 11.7 Å². The molecule has 4 heteroatoms. The van der Waals surface area contributed by atoms with Crippen molar-refractivity contribution in [2.75, 3.05) is 6.54 Å². The van der Waals surface area contributed by atoms with E-state index in [1.165, 1.54) is 4.90 Å². The summed E-state index contributed by atoms with van der Waals surface area (Å²) in [6, 6.07) is 9.98. The summed E-state index contributed by atoms with van der Waals surface area (Å²) >= 11 is 0. The number of carbonyl (C=O) groups is 2. The number of ether oxygens (including phenoxy) is 1. The Morgan fingerprint density at radius 1 is 1.25 bits per heavy atom. The van der Waals surface area contributed by atoms with Gasteiger partial charge >= 0.3 is 6.09 Å². The van der Waals surface area contributed by atoms with Gasteiger partial charge in [-0.3, -0.25) is 4.79 Å². The van der Waals surface area contributed by atoms with Crippen molar-refractivity contribution in [2.45, 2.75) is 45.1 Å². The second-order valence-electron chi connectivity index (χ2n) is 6.13. The standard InChI is InChI=1S/C16H21NO3/c1-16(2,3)20-15(19)17-11-13(9-10-14(17)18)12-7-5-4-6-8-12/h4-8,13H,9-11H2,1-3H3. The van der Waals surface area contributed by atoms with Crippen LogP contribution in [0.4, 0.5) is 4.79 Å². The first-order valence-electron chi connectivity index (χ1n) is 6.95. The van der Waals surface area contributed by atoms with Crippen molar-refractivity contribution in [3.8, 4) is 0 Å². The van der Waals surface area contributed by atoms with Crippen molar-refractivity contribution in [2.24, 2.45) is 0 Å². The highest BCUT2D eigenvalue weighted by Gasteiger charge is 2.33. The fourth-order valence-corrected chi connectivity index (χ4v) is 2.34. The molecule has 1 saturated heterocycles. The van der Waals surface area contributed by atoms with Gasteiger partial charge in [-0.15, -0.1) is 0 Å². The van der Waals surface area contributed by atoms with Crippen LogP contribution >= 0.6 is 0 Å². The van der Waals surface area contributed by atoms with Crippen LogP contribution in [0.5, 0.6) is 0 Å². The summed E-state index contributed by atoms with van der Waals surface area (Å²) in [5, 5.41) is 0. The van der Waals surface area contributed by atoms with Crippen LogP contribution in [0.25, 0.3) is 0 Å². The van der Waals surface area contributed by atoms with Gasteiger partial charge in [-0.25, -0.2) is 9.69 Å². The molecule has 0 spiro atoms. The predicted molar refractivity (Wildman–Crippen MR) is 76.4 cm³/mol. The normalized spacial score (nSPS) is 19.9. The number of rotatable bonds is 1. The van der Waals surface area contributed by atoms with Gasteiger partial charge in [0.1, 0.15) is 5.60 Å². The van der Waals surface area contributed by atoms with Crippen molar-refractivity contribution < 1.29 is 14.3 Å². The number of benzene rings is 1. The predicted octanol–water partition coefficient (Wildman–Crippen LogP) is 3.33. The van der Waals surface area contributed by atoms with Gasteiger partial charge in [-0.1, -0.05) is 30.3 Å². The van der Waals surface area contributed by atoms with E-state index in [0.717, 1.165) is 12.0 Å². The molecule has 1 aliphatic rings. The van der Waals surface area contributed by atoms with E-state index in [1.54, 1.807) is 20.8 Å². The van der Waals surface area contributed by atoms with Crippen molar-refractivity contribution in [3.05, 3.63) is 35.9 Å². The van der Waals surface area contributed by atoms with Crippen molar-refractivity contribution in [1.29, 1.82) is 0 Å². The van der Waals surface area contributed by atoms with Crippen molar-refractivity contribution in [3.63, 3.8) is 0 Å². The third-order valence-corrected chi connectivity index (χ3v) is 3.30. The van der Waals surface area contributed by atoms with Crippen molar-refractivity contribution >= 4 is 12.0 Å². The molecule has 2 rings (SSSR count). The maximum Gasteiger partial charge on any atom is 0.417 e. The number of piperidine rings is 1. The maximum atomic E-state index is 12.1. The summed E-state index contributed by atoms with van der Waals surface area (Å²) in [4.78, 5) is 25.2. The lowest BCUT2D eigenvalue weighted by molar-refractivity contribution is -0.132. The molecule has 1 aromatic rings. The number of carbonyl (C=O) groups excluding carboxylic acids is 2. The van der Waals surface area contributed by atoms with Crippen LogP contribution in [0, 0.1) is 0 Å². The summed E-state index contributed by atoms with van der Waals surface area (Å²) in [5.41, 5.74) is 0.574. The minimum absolute atomic E-state index is 0.147. The highest BCUT2D eigenvalue weighted by Crippen LogP contribution is 2.28. The Kier molecular flexibility index (Phi) is 4.12. The average Bonchev–Trinajstić information content (AvgIpc) is 2.38. The molecule has 0 radical (unpaired) electrons. The van der Waals surface area contributed by atoms with Gasteiger partial charge in [0, 0.05) is 18.9 Å². The van der Waals surface area contributed by atoms with Crippen LogP contribution in [0.3, 0.4) is 0 Å². The summed E-state index contributed by atoms with van der Waals surface area (Å²) in [7, 11) is 0. The van der Waals surface area contributed by atoms with Crippen LogP contribution in [0.1, 0.15) is 45.1 Å². The first-order valence-corrected chi connectivity index (χ1v) is 6.95. The van der Waals surface area contributed by atoms with E-state index >= 15 is 0 Å². The molecule has 4 nitrogen and oxygen atoms in total. The zero-order chi connectivity index (χ0) is 14.8. The molecule has 0 N–H and O–H groups in total. The third-order valence-electron chi connectivity index (χ3n) is 3.30. The monoisotopic (exact) mass is 275 g/mol. The Morgan fingerprint density at radius 2 is 1.90 bits per heavy atom. The number of imide groups is 1. The highest BCUT2D eigenvalue weighted by molar-refractivity contribution is 5.92. The zero-order valence-corrected chi connectivity index (χ0v) is 12.3. The van der Waals surface area contributed by atoms with E-state index in [1.807, 2.05) is 30.3 Å². The molecular formula is C16H21NO3. The average molecular weight is 275 g/mol. The molecule has 1 heterocycles. The van der Waals surface area contributed by atoms with Gasteiger partial charge in [0.15, 0.2) is 0 Å². The minimum Gasteiger partial charge on any atom is -0.443 e. The first-order chi connectivity index (χ1) is 9.37. The van der Waals surface area contributed by atoms with Gasteiger partial charge in [-0.05, 0) is 32.8 Å². The number of hydrogen-bond donors (Lipinski definition) is 0. The number of amides is 2. The molecule has 1 aromatic carbocycles. The highest BCUT2D eigenvalue weighted by atomic mass is 16.6. The molecule has 1 fully saturated rings.